The Kier molecular flexibility index (Phi) is 4.71. The van der Waals surface area contributed by atoms with Crippen LogP contribution in [-0.4, -0.2) is 31.6 Å². The molecule has 1 saturated heterocycles. The Morgan fingerprint density at radius 3 is 2.29 bits per heavy atom. The summed E-state index contributed by atoms with van der Waals surface area (Å²) in [5.74, 6) is 0.360. The zero-order valence-corrected chi connectivity index (χ0v) is 16.4. The quantitative estimate of drug-likeness (QED) is 0.808. The molecule has 4 rings (SSSR count). The number of hydrogen-bond donors (Lipinski definition) is 2. The lowest BCUT2D eigenvalue weighted by Crippen LogP contribution is -2.23. The Labute approximate surface area is 163 Å². The van der Waals surface area contributed by atoms with Gasteiger partial charge in [-0.15, -0.1) is 0 Å². The number of aromatic nitrogens is 1. The number of carbonyl (C=O) groups is 1. The van der Waals surface area contributed by atoms with Crippen molar-refractivity contribution in [2.45, 2.75) is 42.5 Å². The average Bonchev–Trinajstić information content (AvgIpc) is 3.40. The van der Waals surface area contributed by atoms with Gasteiger partial charge in [0.15, 0.2) is 9.84 Å². The predicted molar refractivity (Wildman–Crippen MR) is 107 cm³/mol. The van der Waals surface area contributed by atoms with Crippen LogP contribution in [0.1, 0.15) is 48.4 Å². The van der Waals surface area contributed by atoms with Crippen LogP contribution in [0.5, 0.6) is 0 Å². The van der Waals surface area contributed by atoms with E-state index in [2.05, 4.69) is 10.3 Å². The molecular formula is C21H22N2O4S. The first kappa shape index (κ1) is 18.7. The molecule has 6 nitrogen and oxygen atoms in total. The van der Waals surface area contributed by atoms with Crippen LogP contribution in [0.2, 0.25) is 0 Å². The third-order valence-electron chi connectivity index (χ3n) is 5.24. The second-order valence-electron chi connectivity index (χ2n) is 7.52. The van der Waals surface area contributed by atoms with Crippen molar-refractivity contribution in [1.82, 2.24) is 10.3 Å². The molecule has 2 heterocycles. The maximum Gasteiger partial charge on any atom is 0.251 e. The van der Waals surface area contributed by atoms with Crippen LogP contribution in [0.4, 0.5) is 0 Å². The third-order valence-corrected chi connectivity index (χ3v) is 6.37. The van der Waals surface area contributed by atoms with Gasteiger partial charge in [0.2, 0.25) is 5.91 Å². The molecule has 146 valence electrons. The van der Waals surface area contributed by atoms with Crippen molar-refractivity contribution in [3.05, 3.63) is 69.6 Å². The molecule has 1 aromatic heterocycles. The van der Waals surface area contributed by atoms with E-state index in [0.717, 1.165) is 29.5 Å². The van der Waals surface area contributed by atoms with Gasteiger partial charge in [0.05, 0.1) is 4.90 Å². The summed E-state index contributed by atoms with van der Waals surface area (Å²) in [4.78, 5) is 27.3. The summed E-state index contributed by atoms with van der Waals surface area (Å²) in [6, 6.07) is 10.2. The number of aromatic amines is 1. The largest absolute Gasteiger partial charge is 0.350 e. The summed E-state index contributed by atoms with van der Waals surface area (Å²) in [6.07, 6.45) is 6.36. The standard InChI is InChI=1S/C21H22N2O4S/c1-28(26,27)16-7-4-14(5-8-16)18(12-15-6-11-20(24)22-15)19-10-9-17(13-2-3-13)21(25)23-19/h4-5,7-10,12-13,15H,2-3,6,11H2,1H3,(H,22,24)(H,23,25)/b18-12+/t15-/m1/s1. The molecule has 28 heavy (non-hydrogen) atoms. The fourth-order valence-electron chi connectivity index (χ4n) is 3.54. The van der Waals surface area contributed by atoms with Crippen molar-refractivity contribution in [2.24, 2.45) is 0 Å². The minimum absolute atomic E-state index is 0.00518. The lowest BCUT2D eigenvalue weighted by atomic mass is 9.98. The average molecular weight is 398 g/mol. The number of amides is 1. The normalized spacial score (nSPS) is 20.2. The zero-order valence-electron chi connectivity index (χ0n) is 15.6. The smallest absolute Gasteiger partial charge is 0.251 e. The van der Waals surface area contributed by atoms with Gasteiger partial charge in [0.1, 0.15) is 0 Å². The molecule has 2 aromatic rings. The molecule has 2 aliphatic rings. The highest BCUT2D eigenvalue weighted by molar-refractivity contribution is 7.90. The van der Waals surface area contributed by atoms with Crippen molar-refractivity contribution in [3.63, 3.8) is 0 Å². The molecule has 1 saturated carbocycles. The molecule has 1 aliphatic heterocycles. The van der Waals surface area contributed by atoms with Crippen LogP contribution in [0.15, 0.2) is 52.2 Å². The Morgan fingerprint density at radius 1 is 1.04 bits per heavy atom. The van der Waals surface area contributed by atoms with Crippen LogP contribution in [0.3, 0.4) is 0 Å². The molecule has 2 N–H and O–H groups in total. The molecular weight excluding hydrogens is 376 g/mol. The van der Waals surface area contributed by atoms with Crippen molar-refractivity contribution < 1.29 is 13.2 Å². The van der Waals surface area contributed by atoms with E-state index in [4.69, 9.17) is 0 Å². The van der Waals surface area contributed by atoms with Crippen molar-refractivity contribution >= 4 is 21.3 Å². The number of nitrogens with one attached hydrogen (secondary N) is 2. The molecule has 0 unspecified atom stereocenters. The van der Waals surface area contributed by atoms with Crippen LogP contribution in [0.25, 0.3) is 5.57 Å². The lowest BCUT2D eigenvalue weighted by molar-refractivity contribution is -0.119. The summed E-state index contributed by atoms with van der Waals surface area (Å²) >= 11 is 0. The van der Waals surface area contributed by atoms with Gasteiger partial charge in [-0.25, -0.2) is 8.42 Å². The number of rotatable bonds is 5. The Balaban J connectivity index is 1.76. The maximum atomic E-state index is 12.5. The molecule has 0 bridgehead atoms. The van der Waals surface area contributed by atoms with Crippen LogP contribution in [0, 0.1) is 0 Å². The van der Waals surface area contributed by atoms with E-state index in [1.165, 1.54) is 6.26 Å². The minimum Gasteiger partial charge on any atom is -0.350 e. The van der Waals surface area contributed by atoms with Crippen LogP contribution >= 0.6 is 0 Å². The van der Waals surface area contributed by atoms with Crippen molar-refractivity contribution in [1.29, 1.82) is 0 Å². The van der Waals surface area contributed by atoms with Crippen molar-refractivity contribution in [2.75, 3.05) is 6.26 Å². The first-order valence-electron chi connectivity index (χ1n) is 9.36. The zero-order chi connectivity index (χ0) is 19.9. The van der Waals surface area contributed by atoms with Gasteiger partial charge in [-0.3, -0.25) is 9.59 Å². The fourth-order valence-corrected chi connectivity index (χ4v) is 4.18. The lowest BCUT2D eigenvalue weighted by Gasteiger charge is -2.13. The van der Waals surface area contributed by atoms with Gasteiger partial charge < -0.3 is 10.3 Å². The highest BCUT2D eigenvalue weighted by Gasteiger charge is 2.26. The minimum atomic E-state index is -3.29. The van der Waals surface area contributed by atoms with E-state index in [-0.39, 0.29) is 22.4 Å². The molecule has 7 heteroatoms. The predicted octanol–water partition coefficient (Wildman–Crippen LogP) is 2.37. The number of H-pyrrole nitrogens is 1. The number of hydrogen-bond acceptors (Lipinski definition) is 4. The summed E-state index contributed by atoms with van der Waals surface area (Å²) in [5.41, 5.74) is 2.93. The monoisotopic (exact) mass is 398 g/mol. The topological polar surface area (TPSA) is 96.1 Å². The van der Waals surface area contributed by atoms with E-state index < -0.39 is 9.84 Å². The summed E-state index contributed by atoms with van der Waals surface area (Å²) in [5, 5.41) is 2.91. The van der Waals surface area contributed by atoms with Gasteiger partial charge in [0.25, 0.3) is 5.56 Å². The maximum absolute atomic E-state index is 12.5. The molecule has 1 aromatic carbocycles. The number of sulfone groups is 1. The fraction of sp³-hybridized carbons (Fsp3) is 0.333. The number of carbonyl (C=O) groups excluding carboxylic acids is 1. The van der Waals surface area contributed by atoms with Gasteiger partial charge in [-0.1, -0.05) is 24.3 Å². The summed E-state index contributed by atoms with van der Waals surface area (Å²) in [7, 11) is -3.29. The Hall–Kier alpha value is -2.67. The highest BCUT2D eigenvalue weighted by Crippen LogP contribution is 2.38. The van der Waals surface area contributed by atoms with Crippen molar-refractivity contribution in [3.8, 4) is 0 Å². The van der Waals surface area contributed by atoms with Crippen LogP contribution < -0.4 is 10.9 Å². The van der Waals surface area contributed by atoms with E-state index in [0.29, 0.717) is 24.5 Å². The third kappa shape index (κ3) is 3.94. The Bertz CT molecular complexity index is 1110. The number of benzene rings is 1. The second-order valence-corrected chi connectivity index (χ2v) is 9.54. The van der Waals surface area contributed by atoms with Gasteiger partial charge in [-0.2, -0.15) is 0 Å². The molecule has 2 fully saturated rings. The Morgan fingerprint density at radius 2 is 1.75 bits per heavy atom. The first-order valence-corrected chi connectivity index (χ1v) is 11.3. The van der Waals surface area contributed by atoms with E-state index in [1.807, 2.05) is 18.2 Å². The number of pyridine rings is 1. The van der Waals surface area contributed by atoms with E-state index in [9.17, 15) is 18.0 Å². The molecule has 1 aliphatic carbocycles. The molecule has 0 spiro atoms. The van der Waals surface area contributed by atoms with E-state index >= 15 is 0 Å². The van der Waals surface area contributed by atoms with E-state index in [1.54, 1.807) is 24.3 Å². The van der Waals surface area contributed by atoms with Gasteiger partial charge in [0, 0.05) is 35.5 Å². The second kappa shape index (κ2) is 7.05. The molecule has 0 radical (unpaired) electrons. The van der Waals surface area contributed by atoms with Gasteiger partial charge >= 0.3 is 0 Å². The van der Waals surface area contributed by atoms with Gasteiger partial charge in [-0.05, 0) is 48.9 Å². The SMILES string of the molecule is CS(=O)(=O)c1ccc(/C(=C\[C@H]2CCC(=O)N2)c2ccc(C3CC3)c(=O)[nH]2)cc1. The molecule has 1 atom stereocenters. The summed E-state index contributed by atoms with van der Waals surface area (Å²) < 4.78 is 23.5. The highest BCUT2D eigenvalue weighted by atomic mass is 32.2. The first-order chi connectivity index (χ1) is 13.3. The van der Waals surface area contributed by atoms with Crippen LogP contribution in [-0.2, 0) is 14.6 Å². The summed E-state index contributed by atoms with van der Waals surface area (Å²) in [6.45, 7) is 0. The molecule has 1 amide bonds.